The van der Waals surface area contributed by atoms with E-state index in [0.29, 0.717) is 28.1 Å². The summed E-state index contributed by atoms with van der Waals surface area (Å²) in [5.41, 5.74) is 1.53. The Bertz CT molecular complexity index is 1040. The molecule has 1 fully saturated rings. The fourth-order valence-corrected chi connectivity index (χ4v) is 4.01. The van der Waals surface area contributed by atoms with E-state index in [0.717, 1.165) is 24.1 Å². The van der Waals surface area contributed by atoms with E-state index < -0.39 is 12.1 Å². The SMILES string of the molecule is CCCCN1C(=O)/C(=C/c2ccc(O[C@@H](C)C(=O)O)c(OC)c2)SC1=Nc1ccccc1. The van der Waals surface area contributed by atoms with Gasteiger partial charge in [0.1, 0.15) is 0 Å². The number of carbonyl (C=O) groups is 2. The predicted octanol–water partition coefficient (Wildman–Crippen LogP) is 4.95. The number of amidine groups is 1. The number of thioether (sulfide) groups is 1. The van der Waals surface area contributed by atoms with Gasteiger partial charge < -0.3 is 14.6 Å². The number of hydrogen-bond acceptors (Lipinski definition) is 6. The molecule has 0 unspecified atom stereocenters. The number of aliphatic imine (C=N–C) groups is 1. The van der Waals surface area contributed by atoms with Crippen LogP contribution in [-0.4, -0.2) is 46.8 Å². The first-order valence-electron chi connectivity index (χ1n) is 10.4. The summed E-state index contributed by atoms with van der Waals surface area (Å²) in [6.45, 7) is 4.14. The number of carboxylic acid groups (broad SMARTS) is 1. The van der Waals surface area contributed by atoms with Gasteiger partial charge in [0.2, 0.25) is 0 Å². The summed E-state index contributed by atoms with van der Waals surface area (Å²) in [6, 6.07) is 14.7. The van der Waals surface area contributed by atoms with E-state index >= 15 is 0 Å². The molecule has 2 aromatic carbocycles. The van der Waals surface area contributed by atoms with Crippen LogP contribution in [0.2, 0.25) is 0 Å². The molecular formula is C24H26N2O5S. The quantitative estimate of drug-likeness (QED) is 0.539. The van der Waals surface area contributed by atoms with Gasteiger partial charge in [0.25, 0.3) is 5.91 Å². The normalized spacial score (nSPS) is 17.1. The van der Waals surface area contributed by atoms with E-state index in [1.54, 1.807) is 29.2 Å². The van der Waals surface area contributed by atoms with Crippen LogP contribution in [0.4, 0.5) is 5.69 Å². The van der Waals surface area contributed by atoms with E-state index in [2.05, 4.69) is 11.9 Å². The van der Waals surface area contributed by atoms with E-state index in [1.165, 1.54) is 25.8 Å². The molecule has 0 spiro atoms. The summed E-state index contributed by atoms with van der Waals surface area (Å²) < 4.78 is 10.8. The van der Waals surface area contributed by atoms with Crippen molar-refractivity contribution >= 4 is 40.6 Å². The minimum atomic E-state index is -1.07. The lowest BCUT2D eigenvalue weighted by Gasteiger charge is -2.15. The number of benzene rings is 2. The highest BCUT2D eigenvalue weighted by Crippen LogP contribution is 2.36. The Hall–Kier alpha value is -3.26. The van der Waals surface area contributed by atoms with Crippen molar-refractivity contribution in [3.63, 3.8) is 0 Å². The van der Waals surface area contributed by atoms with Crippen LogP contribution in [0, 0.1) is 0 Å². The molecule has 32 heavy (non-hydrogen) atoms. The molecular weight excluding hydrogens is 428 g/mol. The molecule has 1 aliphatic heterocycles. The van der Waals surface area contributed by atoms with Crippen LogP contribution in [0.25, 0.3) is 6.08 Å². The molecule has 1 aliphatic rings. The number of aliphatic carboxylic acids is 1. The summed E-state index contributed by atoms with van der Waals surface area (Å²) in [4.78, 5) is 31.1. The number of carbonyl (C=O) groups excluding carboxylic acids is 1. The zero-order valence-electron chi connectivity index (χ0n) is 18.3. The van der Waals surface area contributed by atoms with Gasteiger partial charge in [0.15, 0.2) is 22.8 Å². The zero-order chi connectivity index (χ0) is 23.1. The highest BCUT2D eigenvalue weighted by molar-refractivity contribution is 8.18. The molecule has 0 radical (unpaired) electrons. The van der Waals surface area contributed by atoms with Crippen molar-refractivity contribution in [2.45, 2.75) is 32.8 Å². The van der Waals surface area contributed by atoms with Crippen LogP contribution in [-0.2, 0) is 9.59 Å². The maximum Gasteiger partial charge on any atom is 0.344 e. The number of ether oxygens (including phenoxy) is 2. The second-order valence-electron chi connectivity index (χ2n) is 7.16. The van der Waals surface area contributed by atoms with Gasteiger partial charge in [0, 0.05) is 6.54 Å². The molecule has 1 saturated heterocycles. The first-order valence-corrected chi connectivity index (χ1v) is 11.2. The molecule has 1 heterocycles. The molecule has 0 aromatic heterocycles. The second-order valence-corrected chi connectivity index (χ2v) is 8.17. The Morgan fingerprint density at radius 1 is 1.22 bits per heavy atom. The van der Waals surface area contributed by atoms with Gasteiger partial charge in [-0.15, -0.1) is 0 Å². The van der Waals surface area contributed by atoms with Crippen molar-refractivity contribution in [3.05, 3.63) is 59.0 Å². The summed E-state index contributed by atoms with van der Waals surface area (Å²) in [6.07, 6.45) is 2.63. The van der Waals surface area contributed by atoms with Crippen molar-refractivity contribution in [1.29, 1.82) is 0 Å². The predicted molar refractivity (Wildman–Crippen MR) is 126 cm³/mol. The Morgan fingerprint density at radius 2 is 1.97 bits per heavy atom. The van der Waals surface area contributed by atoms with Gasteiger partial charge >= 0.3 is 5.97 Å². The highest BCUT2D eigenvalue weighted by atomic mass is 32.2. The molecule has 0 saturated carbocycles. The average Bonchev–Trinajstić information content (AvgIpc) is 3.07. The summed E-state index contributed by atoms with van der Waals surface area (Å²) in [5.74, 6) is -0.435. The van der Waals surface area contributed by atoms with Gasteiger partial charge in [-0.1, -0.05) is 37.6 Å². The van der Waals surface area contributed by atoms with Gasteiger partial charge in [-0.25, -0.2) is 9.79 Å². The maximum atomic E-state index is 13.1. The number of para-hydroxylation sites is 1. The largest absolute Gasteiger partial charge is 0.493 e. The second kappa shape index (κ2) is 10.9. The molecule has 0 aliphatic carbocycles. The van der Waals surface area contributed by atoms with E-state index in [1.807, 2.05) is 30.3 Å². The van der Waals surface area contributed by atoms with Gasteiger partial charge in [0.05, 0.1) is 17.7 Å². The maximum absolute atomic E-state index is 13.1. The first kappa shape index (κ1) is 23.4. The fourth-order valence-electron chi connectivity index (χ4n) is 2.98. The summed E-state index contributed by atoms with van der Waals surface area (Å²) in [7, 11) is 1.48. The third kappa shape index (κ3) is 5.70. The minimum Gasteiger partial charge on any atom is -0.493 e. The van der Waals surface area contributed by atoms with E-state index in [-0.39, 0.29) is 5.91 Å². The van der Waals surface area contributed by atoms with Crippen molar-refractivity contribution in [3.8, 4) is 11.5 Å². The molecule has 8 heteroatoms. The lowest BCUT2D eigenvalue weighted by molar-refractivity contribution is -0.144. The molecule has 3 rings (SSSR count). The Labute approximate surface area is 191 Å². The number of carboxylic acids is 1. The van der Waals surface area contributed by atoms with E-state index in [4.69, 9.17) is 14.6 Å². The van der Waals surface area contributed by atoms with Crippen molar-refractivity contribution in [1.82, 2.24) is 4.90 Å². The smallest absolute Gasteiger partial charge is 0.344 e. The number of amides is 1. The van der Waals surface area contributed by atoms with Crippen molar-refractivity contribution in [2.24, 2.45) is 4.99 Å². The monoisotopic (exact) mass is 454 g/mol. The van der Waals surface area contributed by atoms with Crippen LogP contribution in [0.3, 0.4) is 0 Å². The zero-order valence-corrected chi connectivity index (χ0v) is 19.1. The Morgan fingerprint density at radius 3 is 2.62 bits per heavy atom. The molecule has 2 aromatic rings. The summed E-state index contributed by atoms with van der Waals surface area (Å²) >= 11 is 1.34. The molecule has 1 amide bonds. The summed E-state index contributed by atoms with van der Waals surface area (Å²) in [5, 5.41) is 9.72. The Kier molecular flexibility index (Phi) is 7.94. The highest BCUT2D eigenvalue weighted by Gasteiger charge is 2.33. The number of nitrogens with zero attached hydrogens (tertiary/aromatic N) is 2. The first-order chi connectivity index (χ1) is 15.4. The van der Waals surface area contributed by atoms with Gasteiger partial charge in [-0.2, -0.15) is 0 Å². The molecule has 1 N–H and O–H groups in total. The molecule has 168 valence electrons. The number of rotatable bonds is 9. The van der Waals surface area contributed by atoms with Crippen LogP contribution >= 0.6 is 11.8 Å². The standard InChI is InChI=1S/C24H26N2O5S/c1-4-5-13-26-22(27)21(32-24(26)25-18-9-7-6-8-10-18)15-17-11-12-19(20(14-17)30-3)31-16(2)23(28)29/h6-12,14-16H,4-5,13H2,1-3H3,(H,28,29)/b21-15-,25-24?/t16-/m0/s1. The van der Waals surface area contributed by atoms with Crippen LogP contribution in [0.15, 0.2) is 58.4 Å². The lowest BCUT2D eigenvalue weighted by Crippen LogP contribution is -2.30. The van der Waals surface area contributed by atoms with Crippen LogP contribution in [0.5, 0.6) is 11.5 Å². The van der Waals surface area contributed by atoms with Crippen LogP contribution < -0.4 is 9.47 Å². The number of unbranched alkanes of at least 4 members (excludes halogenated alkanes) is 1. The van der Waals surface area contributed by atoms with Gasteiger partial charge in [-0.05, 0) is 61.0 Å². The minimum absolute atomic E-state index is 0.0862. The number of hydrogen-bond donors (Lipinski definition) is 1. The van der Waals surface area contributed by atoms with Crippen LogP contribution in [0.1, 0.15) is 32.3 Å². The van der Waals surface area contributed by atoms with Crippen molar-refractivity contribution < 1.29 is 24.2 Å². The Balaban J connectivity index is 1.89. The lowest BCUT2D eigenvalue weighted by atomic mass is 10.1. The molecule has 1 atom stereocenters. The van der Waals surface area contributed by atoms with Crippen molar-refractivity contribution in [2.75, 3.05) is 13.7 Å². The topological polar surface area (TPSA) is 88.4 Å². The van der Waals surface area contributed by atoms with E-state index in [9.17, 15) is 9.59 Å². The number of methoxy groups -OCH3 is 1. The average molecular weight is 455 g/mol. The van der Waals surface area contributed by atoms with Gasteiger partial charge in [-0.3, -0.25) is 9.69 Å². The molecule has 7 nitrogen and oxygen atoms in total. The third-order valence-corrected chi connectivity index (χ3v) is 5.75. The molecule has 0 bridgehead atoms. The fraction of sp³-hybridized carbons (Fsp3) is 0.292. The third-order valence-electron chi connectivity index (χ3n) is 4.74.